The van der Waals surface area contributed by atoms with Crippen molar-refractivity contribution in [2.24, 2.45) is 5.92 Å². The van der Waals surface area contributed by atoms with Gasteiger partial charge in [0.15, 0.2) is 5.82 Å². The van der Waals surface area contributed by atoms with Crippen molar-refractivity contribution in [2.75, 3.05) is 24.1 Å². The van der Waals surface area contributed by atoms with Crippen molar-refractivity contribution in [3.8, 4) is 11.3 Å². The summed E-state index contributed by atoms with van der Waals surface area (Å²) in [5.74, 6) is 1.09. The quantitative estimate of drug-likeness (QED) is 0.727. The molecule has 1 aliphatic rings. The maximum Gasteiger partial charge on any atom is 0.323 e. The Morgan fingerprint density at radius 1 is 1.14 bits per heavy atom. The lowest BCUT2D eigenvalue weighted by atomic mass is 9.96. The molecule has 3 aromatic rings. The third kappa shape index (κ3) is 3.90. The summed E-state index contributed by atoms with van der Waals surface area (Å²) in [5, 5.41) is 2.76. The van der Waals surface area contributed by atoms with E-state index in [0.717, 1.165) is 17.8 Å². The fraction of sp³-hybridized carbons (Fsp3) is 0.200. The number of urea groups is 1. The highest BCUT2D eigenvalue weighted by molar-refractivity contribution is 5.92. The number of amides is 2. The molecule has 2 amide bonds. The first-order valence-corrected chi connectivity index (χ1v) is 8.93. The van der Waals surface area contributed by atoms with Crippen LogP contribution in [0.3, 0.4) is 0 Å². The number of aromatic nitrogens is 3. The average Bonchev–Trinajstić information content (AvgIpc) is 2.67. The molecule has 8 heteroatoms. The summed E-state index contributed by atoms with van der Waals surface area (Å²) in [6.07, 6.45) is 4.17. The summed E-state index contributed by atoms with van der Waals surface area (Å²) in [4.78, 5) is 27.0. The Kier molecular flexibility index (Phi) is 4.84. The number of hydrogen-bond acceptors (Lipinski definition) is 5. The van der Waals surface area contributed by atoms with Gasteiger partial charge in [-0.3, -0.25) is 5.32 Å². The molecule has 1 aliphatic heterocycles. The molecule has 1 saturated heterocycles. The average molecular weight is 378 g/mol. The summed E-state index contributed by atoms with van der Waals surface area (Å²) >= 11 is 0. The first-order chi connectivity index (χ1) is 13.6. The predicted octanol–water partition coefficient (Wildman–Crippen LogP) is 2.97. The second-order valence-electron chi connectivity index (χ2n) is 6.71. The Balaban J connectivity index is 1.38. The van der Waals surface area contributed by atoms with Crippen molar-refractivity contribution in [3.05, 3.63) is 66.5 Å². The van der Waals surface area contributed by atoms with Gasteiger partial charge in [0, 0.05) is 43.4 Å². The van der Waals surface area contributed by atoms with E-state index in [9.17, 15) is 9.18 Å². The third-order valence-electron chi connectivity index (χ3n) is 4.63. The van der Waals surface area contributed by atoms with Gasteiger partial charge < -0.3 is 10.6 Å². The molecule has 0 atom stereocenters. The van der Waals surface area contributed by atoms with Crippen LogP contribution in [-0.2, 0) is 6.42 Å². The number of benzene rings is 1. The molecule has 1 fully saturated rings. The van der Waals surface area contributed by atoms with Crippen LogP contribution in [0.2, 0.25) is 0 Å². The number of nitrogen functional groups attached to an aromatic ring is 1. The molecule has 0 aliphatic carbocycles. The number of nitrogens with two attached hydrogens (primary N) is 1. The molecule has 0 bridgehead atoms. The first kappa shape index (κ1) is 17.8. The van der Waals surface area contributed by atoms with Crippen LogP contribution in [0.5, 0.6) is 0 Å². The maximum atomic E-state index is 13.1. The lowest BCUT2D eigenvalue weighted by molar-refractivity contribution is 0.130. The van der Waals surface area contributed by atoms with Gasteiger partial charge in [0.1, 0.15) is 11.6 Å². The molecule has 4 rings (SSSR count). The predicted molar refractivity (Wildman–Crippen MR) is 104 cm³/mol. The molecule has 0 radical (unpaired) electrons. The fourth-order valence-electron chi connectivity index (χ4n) is 3.09. The molecule has 0 spiro atoms. The number of likely N-dealkylation sites (tertiary alicyclic amines) is 1. The monoisotopic (exact) mass is 378 g/mol. The number of anilines is 2. The normalized spacial score (nSPS) is 13.8. The van der Waals surface area contributed by atoms with Gasteiger partial charge in [-0.15, -0.1) is 0 Å². The Morgan fingerprint density at radius 2 is 1.86 bits per heavy atom. The molecule has 28 heavy (non-hydrogen) atoms. The van der Waals surface area contributed by atoms with Crippen LogP contribution in [0, 0.1) is 11.7 Å². The molecule has 2 aromatic heterocycles. The standard InChI is InChI=1S/C20H19FN6O/c21-15-4-2-14(3-5-15)17-7-6-16(22)19(25-17)26-20(28)27-11-13(12-27)10-18-23-8-1-9-24-18/h1-9,13H,10-12,22H2,(H,25,26,28). The lowest BCUT2D eigenvalue weighted by Crippen LogP contribution is -2.52. The molecule has 3 N–H and O–H groups in total. The van der Waals surface area contributed by atoms with Crippen LogP contribution < -0.4 is 11.1 Å². The van der Waals surface area contributed by atoms with Crippen LogP contribution in [0.4, 0.5) is 20.7 Å². The van der Waals surface area contributed by atoms with E-state index in [1.165, 1.54) is 12.1 Å². The molecule has 142 valence electrons. The second-order valence-corrected chi connectivity index (χ2v) is 6.71. The number of nitrogens with zero attached hydrogens (tertiary/aromatic N) is 4. The van der Waals surface area contributed by atoms with Gasteiger partial charge in [-0.2, -0.15) is 0 Å². The van der Waals surface area contributed by atoms with Crippen molar-refractivity contribution in [2.45, 2.75) is 6.42 Å². The number of pyridine rings is 1. The smallest absolute Gasteiger partial charge is 0.323 e. The van der Waals surface area contributed by atoms with Crippen molar-refractivity contribution in [1.29, 1.82) is 0 Å². The molecule has 0 unspecified atom stereocenters. The van der Waals surface area contributed by atoms with Crippen molar-refractivity contribution < 1.29 is 9.18 Å². The largest absolute Gasteiger partial charge is 0.396 e. The van der Waals surface area contributed by atoms with Crippen LogP contribution in [-0.4, -0.2) is 39.0 Å². The minimum atomic E-state index is -0.319. The molecule has 7 nitrogen and oxygen atoms in total. The van der Waals surface area contributed by atoms with Crippen LogP contribution in [0.25, 0.3) is 11.3 Å². The van der Waals surface area contributed by atoms with E-state index in [0.29, 0.717) is 36.2 Å². The number of rotatable bonds is 4. The highest BCUT2D eigenvalue weighted by Crippen LogP contribution is 2.25. The Morgan fingerprint density at radius 3 is 2.57 bits per heavy atom. The number of hydrogen-bond donors (Lipinski definition) is 2. The van der Waals surface area contributed by atoms with Crippen LogP contribution >= 0.6 is 0 Å². The summed E-state index contributed by atoms with van der Waals surface area (Å²) in [7, 11) is 0. The SMILES string of the molecule is Nc1ccc(-c2ccc(F)cc2)nc1NC(=O)N1CC(Cc2ncccn2)C1. The van der Waals surface area contributed by atoms with Crippen molar-refractivity contribution in [1.82, 2.24) is 19.9 Å². The second kappa shape index (κ2) is 7.59. The maximum absolute atomic E-state index is 13.1. The summed E-state index contributed by atoms with van der Waals surface area (Å²) in [6, 6.07) is 10.9. The molecule has 3 heterocycles. The molecule has 0 saturated carbocycles. The van der Waals surface area contributed by atoms with E-state index >= 15 is 0 Å². The van der Waals surface area contributed by atoms with Gasteiger partial charge in [-0.05, 0) is 42.5 Å². The van der Waals surface area contributed by atoms with Gasteiger partial charge in [-0.1, -0.05) is 0 Å². The molecular formula is C20H19FN6O. The minimum absolute atomic E-state index is 0.249. The van der Waals surface area contributed by atoms with E-state index < -0.39 is 0 Å². The zero-order valence-electron chi connectivity index (χ0n) is 15.0. The highest BCUT2D eigenvalue weighted by Gasteiger charge is 2.31. The van der Waals surface area contributed by atoms with Gasteiger partial charge >= 0.3 is 6.03 Å². The number of carbonyl (C=O) groups excluding carboxylic acids is 1. The van der Waals surface area contributed by atoms with E-state index in [2.05, 4.69) is 20.3 Å². The van der Waals surface area contributed by atoms with E-state index in [1.807, 2.05) is 0 Å². The Hall–Kier alpha value is -3.55. The van der Waals surface area contributed by atoms with Crippen molar-refractivity contribution in [3.63, 3.8) is 0 Å². The van der Waals surface area contributed by atoms with Gasteiger partial charge in [0.25, 0.3) is 0 Å². The molecular weight excluding hydrogens is 359 g/mol. The van der Waals surface area contributed by atoms with Crippen LogP contribution in [0.15, 0.2) is 54.9 Å². The Labute approximate surface area is 161 Å². The van der Waals surface area contributed by atoms with Crippen molar-refractivity contribution >= 4 is 17.5 Å². The number of nitrogens with one attached hydrogen (secondary N) is 1. The Bertz CT molecular complexity index is 974. The van der Waals surface area contributed by atoms with Gasteiger partial charge in [0.05, 0.1) is 11.4 Å². The third-order valence-corrected chi connectivity index (χ3v) is 4.63. The van der Waals surface area contributed by atoms with E-state index in [-0.39, 0.29) is 11.8 Å². The fourth-order valence-corrected chi connectivity index (χ4v) is 3.09. The minimum Gasteiger partial charge on any atom is -0.396 e. The topological polar surface area (TPSA) is 97.0 Å². The first-order valence-electron chi connectivity index (χ1n) is 8.93. The number of halogens is 1. The lowest BCUT2D eigenvalue weighted by Gasteiger charge is -2.38. The molecule has 1 aromatic carbocycles. The summed E-state index contributed by atoms with van der Waals surface area (Å²) in [5.41, 5.74) is 7.67. The van der Waals surface area contributed by atoms with Gasteiger partial charge in [0.2, 0.25) is 0 Å². The van der Waals surface area contributed by atoms with E-state index in [1.54, 1.807) is 47.6 Å². The summed E-state index contributed by atoms with van der Waals surface area (Å²) < 4.78 is 13.1. The van der Waals surface area contributed by atoms with Gasteiger partial charge in [-0.25, -0.2) is 24.1 Å². The van der Waals surface area contributed by atoms with E-state index in [4.69, 9.17) is 5.73 Å². The zero-order chi connectivity index (χ0) is 19.5. The highest BCUT2D eigenvalue weighted by atomic mass is 19.1. The van der Waals surface area contributed by atoms with Crippen LogP contribution in [0.1, 0.15) is 5.82 Å². The number of carbonyl (C=O) groups is 1. The summed E-state index contributed by atoms with van der Waals surface area (Å²) in [6.45, 7) is 1.25. The zero-order valence-corrected chi connectivity index (χ0v) is 15.0.